The molecule has 2 N–H and O–H groups in total. The average molecular weight is 310 g/mol. The van der Waals surface area contributed by atoms with Gasteiger partial charge in [0.25, 0.3) is 17.6 Å². The minimum atomic E-state index is -0.677. The first-order chi connectivity index (χ1) is 11.0. The van der Waals surface area contributed by atoms with Gasteiger partial charge in [0.2, 0.25) is 0 Å². The Morgan fingerprint density at radius 2 is 1.83 bits per heavy atom. The van der Waals surface area contributed by atoms with Gasteiger partial charge in [0.05, 0.1) is 30.5 Å². The van der Waals surface area contributed by atoms with Crippen molar-refractivity contribution in [3.8, 4) is 5.75 Å². The van der Waals surface area contributed by atoms with Gasteiger partial charge in [0, 0.05) is 0 Å². The molecule has 0 atom stereocenters. The molecule has 1 aliphatic heterocycles. The van der Waals surface area contributed by atoms with E-state index in [1.165, 1.54) is 17.0 Å². The molecule has 23 heavy (non-hydrogen) atoms. The van der Waals surface area contributed by atoms with Crippen LogP contribution in [0.4, 0.5) is 5.69 Å². The van der Waals surface area contributed by atoms with Gasteiger partial charge < -0.3 is 10.5 Å². The molecule has 116 valence electrons. The molecule has 1 heterocycles. The topological polar surface area (TPSA) is 89.7 Å². The highest BCUT2D eigenvalue weighted by atomic mass is 16.5. The number of primary amides is 1. The number of nitrogens with two attached hydrogens (primary N) is 1. The summed E-state index contributed by atoms with van der Waals surface area (Å²) in [5.74, 6) is -1.28. The number of carbonyl (C=O) groups is 3. The van der Waals surface area contributed by atoms with Gasteiger partial charge in [-0.1, -0.05) is 18.2 Å². The summed E-state index contributed by atoms with van der Waals surface area (Å²) in [4.78, 5) is 37.3. The molecule has 0 spiro atoms. The van der Waals surface area contributed by atoms with E-state index >= 15 is 0 Å². The number of rotatable bonds is 4. The zero-order valence-electron chi connectivity index (χ0n) is 12.4. The smallest absolute Gasteiger partial charge is 0.299 e. The molecule has 0 aromatic heterocycles. The molecule has 2 aromatic rings. The largest absolute Gasteiger partial charge is 0.497 e. The number of hydrogen-bond donors (Lipinski definition) is 1. The van der Waals surface area contributed by atoms with E-state index in [2.05, 4.69) is 0 Å². The first kappa shape index (κ1) is 14.8. The number of amides is 2. The second-order valence-corrected chi connectivity index (χ2v) is 5.13. The van der Waals surface area contributed by atoms with Crippen LogP contribution < -0.4 is 15.4 Å². The van der Waals surface area contributed by atoms with Crippen molar-refractivity contribution in [2.24, 2.45) is 5.73 Å². The molecule has 0 saturated carbocycles. The molecule has 0 unspecified atom stereocenters. The van der Waals surface area contributed by atoms with Crippen LogP contribution in [0.5, 0.6) is 5.75 Å². The van der Waals surface area contributed by atoms with Crippen LogP contribution in [0.25, 0.3) is 0 Å². The normalized spacial score (nSPS) is 13.2. The molecule has 1 aliphatic rings. The van der Waals surface area contributed by atoms with Crippen LogP contribution in [0.1, 0.15) is 26.3 Å². The van der Waals surface area contributed by atoms with Crippen molar-refractivity contribution in [3.63, 3.8) is 0 Å². The maximum Gasteiger partial charge on any atom is 0.299 e. The van der Waals surface area contributed by atoms with E-state index in [0.717, 1.165) is 5.56 Å². The molecule has 2 aromatic carbocycles. The minimum Gasteiger partial charge on any atom is -0.497 e. The summed E-state index contributed by atoms with van der Waals surface area (Å²) in [6.07, 6.45) is 0. The van der Waals surface area contributed by atoms with Crippen molar-refractivity contribution in [1.82, 2.24) is 0 Å². The molecule has 0 saturated heterocycles. The standard InChI is InChI=1S/C17H14N2O4/c1-23-11-7-5-10(6-8-11)9-19-14-12(15(20)17(19)22)3-2-4-13(14)16(18)21/h2-8H,9H2,1H3,(H2,18,21). The third kappa shape index (κ3) is 2.44. The Bertz CT molecular complexity index is 812. The van der Waals surface area contributed by atoms with Gasteiger partial charge in [-0.05, 0) is 29.8 Å². The maximum absolute atomic E-state index is 12.3. The number of fused-ring (bicyclic) bond motifs is 1. The third-order valence-electron chi connectivity index (χ3n) is 3.76. The van der Waals surface area contributed by atoms with Gasteiger partial charge in [-0.15, -0.1) is 0 Å². The van der Waals surface area contributed by atoms with E-state index in [1.54, 1.807) is 37.4 Å². The summed E-state index contributed by atoms with van der Waals surface area (Å²) in [5.41, 5.74) is 6.82. The molecular weight excluding hydrogens is 296 g/mol. The first-order valence-electron chi connectivity index (χ1n) is 6.95. The fourth-order valence-corrected chi connectivity index (χ4v) is 2.62. The van der Waals surface area contributed by atoms with Crippen LogP contribution in [-0.2, 0) is 11.3 Å². The quantitative estimate of drug-likeness (QED) is 0.867. The summed E-state index contributed by atoms with van der Waals surface area (Å²) >= 11 is 0. The van der Waals surface area contributed by atoms with Gasteiger partial charge in [0.15, 0.2) is 0 Å². The number of methoxy groups -OCH3 is 1. The van der Waals surface area contributed by atoms with Crippen molar-refractivity contribution in [1.29, 1.82) is 0 Å². The third-order valence-corrected chi connectivity index (χ3v) is 3.76. The van der Waals surface area contributed by atoms with E-state index in [-0.39, 0.29) is 23.4 Å². The second-order valence-electron chi connectivity index (χ2n) is 5.13. The Labute approximate surface area is 132 Å². The number of Topliss-reactive ketones (excluding diaryl/α,β-unsaturated/α-hetero) is 1. The van der Waals surface area contributed by atoms with E-state index in [4.69, 9.17) is 10.5 Å². The van der Waals surface area contributed by atoms with Crippen LogP contribution in [0.3, 0.4) is 0 Å². The average Bonchev–Trinajstić information content (AvgIpc) is 2.80. The fourth-order valence-electron chi connectivity index (χ4n) is 2.62. The van der Waals surface area contributed by atoms with Crippen molar-refractivity contribution < 1.29 is 19.1 Å². The maximum atomic E-state index is 12.3. The zero-order chi connectivity index (χ0) is 16.6. The van der Waals surface area contributed by atoms with Gasteiger partial charge in [-0.2, -0.15) is 0 Å². The highest BCUT2D eigenvalue weighted by Gasteiger charge is 2.38. The summed E-state index contributed by atoms with van der Waals surface area (Å²) in [6, 6.07) is 11.7. The summed E-state index contributed by atoms with van der Waals surface area (Å²) in [5, 5.41) is 0. The highest BCUT2D eigenvalue weighted by molar-refractivity contribution is 6.52. The Hall–Kier alpha value is -3.15. The van der Waals surface area contributed by atoms with Crippen LogP contribution in [0.15, 0.2) is 42.5 Å². The second kappa shape index (κ2) is 5.57. The zero-order valence-corrected chi connectivity index (χ0v) is 12.4. The van der Waals surface area contributed by atoms with Gasteiger partial charge in [0.1, 0.15) is 5.75 Å². The predicted molar refractivity (Wildman–Crippen MR) is 83.5 cm³/mol. The van der Waals surface area contributed by atoms with Crippen molar-refractivity contribution in [3.05, 3.63) is 59.2 Å². The molecule has 2 amide bonds. The number of hydrogen-bond acceptors (Lipinski definition) is 4. The van der Waals surface area contributed by atoms with Crippen LogP contribution in [-0.4, -0.2) is 24.7 Å². The van der Waals surface area contributed by atoms with E-state index in [1.807, 2.05) is 0 Å². The molecule has 6 nitrogen and oxygen atoms in total. The number of benzene rings is 2. The SMILES string of the molecule is COc1ccc(CN2C(=O)C(=O)c3cccc(C(N)=O)c32)cc1. The van der Waals surface area contributed by atoms with Gasteiger partial charge >= 0.3 is 0 Å². The lowest BCUT2D eigenvalue weighted by atomic mass is 10.1. The molecule has 3 rings (SSSR count). The number of para-hydroxylation sites is 1. The Morgan fingerprint density at radius 3 is 2.43 bits per heavy atom. The molecule has 0 radical (unpaired) electrons. The van der Waals surface area contributed by atoms with Crippen molar-refractivity contribution >= 4 is 23.3 Å². The number of ketones is 1. The summed E-state index contributed by atoms with van der Waals surface area (Å²) in [7, 11) is 1.56. The summed E-state index contributed by atoms with van der Waals surface area (Å²) in [6.45, 7) is 0.172. The van der Waals surface area contributed by atoms with Crippen LogP contribution >= 0.6 is 0 Å². The van der Waals surface area contributed by atoms with Crippen molar-refractivity contribution in [2.75, 3.05) is 12.0 Å². The van der Waals surface area contributed by atoms with Gasteiger partial charge in [-0.25, -0.2) is 0 Å². The molecular formula is C17H14N2O4. The molecule has 6 heteroatoms. The number of ether oxygens (including phenoxy) is 1. The van der Waals surface area contributed by atoms with E-state index in [9.17, 15) is 14.4 Å². The molecule has 0 fully saturated rings. The lowest BCUT2D eigenvalue weighted by Crippen LogP contribution is -2.30. The highest BCUT2D eigenvalue weighted by Crippen LogP contribution is 2.33. The predicted octanol–water partition coefficient (Wildman–Crippen LogP) is 1.52. The minimum absolute atomic E-state index is 0.162. The Kier molecular flexibility index (Phi) is 3.57. The van der Waals surface area contributed by atoms with Crippen LogP contribution in [0, 0.1) is 0 Å². The number of carbonyl (C=O) groups excluding carboxylic acids is 3. The summed E-state index contributed by atoms with van der Waals surface area (Å²) < 4.78 is 5.09. The number of nitrogens with zero attached hydrogens (tertiary/aromatic N) is 1. The van der Waals surface area contributed by atoms with E-state index < -0.39 is 17.6 Å². The molecule has 0 bridgehead atoms. The van der Waals surface area contributed by atoms with Crippen molar-refractivity contribution in [2.45, 2.75) is 6.54 Å². The first-order valence-corrected chi connectivity index (χ1v) is 6.95. The number of anilines is 1. The Balaban J connectivity index is 2.02. The monoisotopic (exact) mass is 310 g/mol. The molecule has 0 aliphatic carbocycles. The van der Waals surface area contributed by atoms with Crippen LogP contribution in [0.2, 0.25) is 0 Å². The van der Waals surface area contributed by atoms with Gasteiger partial charge in [-0.3, -0.25) is 19.3 Å². The fraction of sp³-hybridized carbons (Fsp3) is 0.118. The lowest BCUT2D eigenvalue weighted by molar-refractivity contribution is -0.114. The Morgan fingerprint density at radius 1 is 1.13 bits per heavy atom. The van der Waals surface area contributed by atoms with E-state index in [0.29, 0.717) is 5.75 Å². The lowest BCUT2D eigenvalue weighted by Gasteiger charge is -2.18.